The highest BCUT2D eigenvalue weighted by Gasteiger charge is 2.36. The van der Waals surface area contributed by atoms with E-state index in [-0.39, 0.29) is 10.9 Å². The van der Waals surface area contributed by atoms with E-state index in [4.69, 9.17) is 21.1 Å². The number of carbonyl (C=O) groups excluding carboxylic acids is 1. The van der Waals surface area contributed by atoms with Crippen LogP contribution in [0.4, 0.5) is 5.69 Å². The molecule has 1 heterocycles. The van der Waals surface area contributed by atoms with Gasteiger partial charge in [0.15, 0.2) is 0 Å². The van der Waals surface area contributed by atoms with Crippen LogP contribution in [-0.2, 0) is 14.8 Å². The number of sulfonamides is 1. The molecule has 1 atom stereocenters. The molecule has 184 valence electrons. The summed E-state index contributed by atoms with van der Waals surface area (Å²) in [5.41, 5.74) is 0.643. The molecular weight excluding hydrogens is 488 g/mol. The van der Waals surface area contributed by atoms with Gasteiger partial charge in [0.2, 0.25) is 5.91 Å². The first-order valence-corrected chi connectivity index (χ1v) is 12.9. The Labute approximate surface area is 210 Å². The summed E-state index contributed by atoms with van der Waals surface area (Å²) in [6.45, 7) is 3.49. The van der Waals surface area contributed by atoms with Gasteiger partial charge in [-0.2, -0.15) is 0 Å². The monoisotopic (exact) mass is 514 g/mol. The zero-order valence-corrected chi connectivity index (χ0v) is 21.3. The Bertz CT molecular complexity index is 1310. The number of para-hydroxylation sites is 1. The fourth-order valence-electron chi connectivity index (χ4n) is 4.10. The van der Waals surface area contributed by atoms with E-state index in [1.165, 1.54) is 24.3 Å². The molecule has 0 aliphatic carbocycles. The number of hydrogen-bond donors (Lipinski definition) is 1. The molecule has 35 heavy (non-hydrogen) atoms. The van der Waals surface area contributed by atoms with Crippen LogP contribution in [0.5, 0.6) is 11.5 Å². The van der Waals surface area contributed by atoms with Crippen LogP contribution in [0.1, 0.15) is 31.9 Å². The minimum Gasteiger partial charge on any atom is -0.497 e. The summed E-state index contributed by atoms with van der Waals surface area (Å²) in [4.78, 5) is 13.3. The van der Waals surface area contributed by atoms with E-state index in [0.29, 0.717) is 28.6 Å². The molecule has 1 amide bonds. The van der Waals surface area contributed by atoms with Gasteiger partial charge in [0.1, 0.15) is 23.6 Å². The molecule has 1 N–H and O–H groups in total. The summed E-state index contributed by atoms with van der Waals surface area (Å²) in [6.07, 6.45) is 0.508. The largest absolute Gasteiger partial charge is 0.497 e. The van der Waals surface area contributed by atoms with Crippen LogP contribution in [0, 0.1) is 0 Å². The number of nitrogens with one attached hydrogen (secondary N) is 1. The standard InChI is InChI=1S/C26H27ClN2O5S/c1-26(2)16-23(22-15-20(33-3)11-14-24(22)34-26)28-25(30)17-29(19-7-5-4-6-8-19)35(31,32)21-12-9-18(27)10-13-21/h4-15,23H,16-17H2,1-3H3,(H,28,30). The van der Waals surface area contributed by atoms with Crippen molar-refractivity contribution in [2.45, 2.75) is 36.8 Å². The molecule has 7 nitrogen and oxygen atoms in total. The van der Waals surface area contributed by atoms with Crippen LogP contribution < -0.4 is 19.1 Å². The number of hydrogen-bond acceptors (Lipinski definition) is 5. The van der Waals surface area contributed by atoms with Crippen LogP contribution in [0.3, 0.4) is 0 Å². The summed E-state index contributed by atoms with van der Waals surface area (Å²) in [7, 11) is -2.46. The summed E-state index contributed by atoms with van der Waals surface area (Å²) >= 11 is 5.95. The number of carbonyl (C=O) groups is 1. The highest BCUT2D eigenvalue weighted by Crippen LogP contribution is 2.41. The quantitative estimate of drug-likeness (QED) is 0.481. The van der Waals surface area contributed by atoms with E-state index in [1.807, 2.05) is 26.0 Å². The van der Waals surface area contributed by atoms with Crippen LogP contribution in [0.25, 0.3) is 0 Å². The lowest BCUT2D eigenvalue weighted by atomic mass is 9.89. The predicted molar refractivity (Wildman–Crippen MR) is 136 cm³/mol. The van der Waals surface area contributed by atoms with E-state index < -0.39 is 28.1 Å². The van der Waals surface area contributed by atoms with E-state index in [9.17, 15) is 13.2 Å². The zero-order valence-electron chi connectivity index (χ0n) is 19.7. The molecular formula is C26H27ClN2O5S. The number of halogens is 1. The Morgan fingerprint density at radius 2 is 1.80 bits per heavy atom. The molecule has 0 radical (unpaired) electrons. The van der Waals surface area contributed by atoms with Gasteiger partial charge in [-0.05, 0) is 68.4 Å². The van der Waals surface area contributed by atoms with E-state index in [1.54, 1.807) is 43.5 Å². The number of rotatable bonds is 7. The molecule has 1 aliphatic rings. The Hall–Kier alpha value is -3.23. The highest BCUT2D eigenvalue weighted by atomic mass is 35.5. The number of fused-ring (bicyclic) bond motifs is 1. The molecule has 0 spiro atoms. The Balaban J connectivity index is 1.64. The van der Waals surface area contributed by atoms with Crippen molar-refractivity contribution in [2.24, 2.45) is 0 Å². The van der Waals surface area contributed by atoms with Gasteiger partial charge in [-0.25, -0.2) is 8.42 Å². The Morgan fingerprint density at radius 3 is 2.46 bits per heavy atom. The van der Waals surface area contributed by atoms with Crippen molar-refractivity contribution in [1.29, 1.82) is 0 Å². The minimum absolute atomic E-state index is 0.0424. The number of ether oxygens (including phenoxy) is 2. The van der Waals surface area contributed by atoms with Gasteiger partial charge in [0.25, 0.3) is 10.0 Å². The Kier molecular flexibility index (Phi) is 6.96. The van der Waals surface area contributed by atoms with Crippen molar-refractivity contribution in [1.82, 2.24) is 5.32 Å². The highest BCUT2D eigenvalue weighted by molar-refractivity contribution is 7.92. The lowest BCUT2D eigenvalue weighted by Crippen LogP contribution is -2.45. The van der Waals surface area contributed by atoms with E-state index >= 15 is 0 Å². The first-order valence-electron chi connectivity index (χ1n) is 11.1. The SMILES string of the molecule is COc1ccc2c(c1)C(NC(=O)CN(c1ccccc1)S(=O)(=O)c1ccc(Cl)cc1)CC(C)(C)O2. The maximum atomic E-state index is 13.5. The molecule has 3 aromatic carbocycles. The van der Waals surface area contributed by atoms with Crippen molar-refractivity contribution < 1.29 is 22.7 Å². The number of anilines is 1. The third-order valence-corrected chi connectivity index (χ3v) is 7.78. The summed E-state index contributed by atoms with van der Waals surface area (Å²) in [6, 6.07) is 19.5. The van der Waals surface area contributed by atoms with Crippen molar-refractivity contribution in [3.8, 4) is 11.5 Å². The summed E-state index contributed by atoms with van der Waals surface area (Å²) in [5.74, 6) is 0.853. The first-order chi connectivity index (χ1) is 16.6. The van der Waals surface area contributed by atoms with Gasteiger partial charge in [-0.3, -0.25) is 9.10 Å². The Morgan fingerprint density at radius 1 is 1.11 bits per heavy atom. The molecule has 0 saturated carbocycles. The zero-order chi connectivity index (χ0) is 25.2. The topological polar surface area (TPSA) is 84.9 Å². The third-order valence-electron chi connectivity index (χ3n) is 5.74. The molecule has 0 bridgehead atoms. The first kappa shape index (κ1) is 24.9. The van der Waals surface area contributed by atoms with Crippen LogP contribution >= 0.6 is 11.6 Å². The van der Waals surface area contributed by atoms with Crippen LogP contribution in [-0.4, -0.2) is 33.6 Å². The van der Waals surface area contributed by atoms with Gasteiger partial charge in [-0.15, -0.1) is 0 Å². The summed E-state index contributed by atoms with van der Waals surface area (Å²) < 4.78 is 39.6. The number of benzene rings is 3. The maximum absolute atomic E-state index is 13.5. The molecule has 0 aromatic heterocycles. The fourth-order valence-corrected chi connectivity index (χ4v) is 5.65. The van der Waals surface area contributed by atoms with Gasteiger partial charge in [-0.1, -0.05) is 29.8 Å². The van der Waals surface area contributed by atoms with Gasteiger partial charge in [0.05, 0.1) is 23.7 Å². The fraction of sp³-hybridized carbons (Fsp3) is 0.269. The molecule has 9 heteroatoms. The normalized spacial score (nSPS) is 16.5. The second kappa shape index (κ2) is 9.79. The third kappa shape index (κ3) is 5.55. The second-order valence-corrected chi connectivity index (χ2v) is 11.2. The average molecular weight is 515 g/mol. The average Bonchev–Trinajstić information content (AvgIpc) is 2.82. The lowest BCUT2D eigenvalue weighted by molar-refractivity contribution is -0.120. The molecule has 3 aromatic rings. The molecule has 1 unspecified atom stereocenters. The van der Waals surface area contributed by atoms with Gasteiger partial charge >= 0.3 is 0 Å². The number of amides is 1. The minimum atomic E-state index is -4.03. The second-order valence-electron chi connectivity index (χ2n) is 8.89. The molecule has 4 rings (SSSR count). The van der Waals surface area contributed by atoms with Crippen LogP contribution in [0.2, 0.25) is 5.02 Å². The van der Waals surface area contributed by atoms with E-state index in [0.717, 1.165) is 9.87 Å². The molecule has 1 aliphatic heterocycles. The lowest BCUT2D eigenvalue weighted by Gasteiger charge is -2.38. The van der Waals surface area contributed by atoms with Gasteiger partial charge < -0.3 is 14.8 Å². The van der Waals surface area contributed by atoms with Crippen LogP contribution in [0.15, 0.2) is 77.7 Å². The van der Waals surface area contributed by atoms with E-state index in [2.05, 4.69) is 5.32 Å². The van der Waals surface area contributed by atoms with Crippen molar-refractivity contribution in [2.75, 3.05) is 18.0 Å². The summed E-state index contributed by atoms with van der Waals surface area (Å²) in [5, 5.41) is 3.43. The smallest absolute Gasteiger partial charge is 0.264 e. The molecule has 0 saturated heterocycles. The maximum Gasteiger partial charge on any atom is 0.264 e. The van der Waals surface area contributed by atoms with Crippen molar-refractivity contribution in [3.05, 3.63) is 83.4 Å². The predicted octanol–water partition coefficient (Wildman–Crippen LogP) is 4.96. The van der Waals surface area contributed by atoms with Crippen molar-refractivity contribution >= 4 is 33.2 Å². The van der Waals surface area contributed by atoms with Crippen molar-refractivity contribution in [3.63, 3.8) is 0 Å². The number of methoxy groups -OCH3 is 1. The number of nitrogens with zero attached hydrogens (tertiary/aromatic N) is 1. The van der Waals surface area contributed by atoms with Gasteiger partial charge in [0, 0.05) is 17.0 Å². The molecule has 0 fully saturated rings.